The van der Waals surface area contributed by atoms with Crippen molar-refractivity contribution < 1.29 is 19.5 Å². The summed E-state index contributed by atoms with van der Waals surface area (Å²) in [4.78, 5) is 40.2. The normalized spacial score (nSPS) is 39.0. The third-order valence-corrected chi connectivity index (χ3v) is 7.89. The van der Waals surface area contributed by atoms with Crippen LogP contribution in [0.1, 0.15) is 27.2 Å². The van der Waals surface area contributed by atoms with Gasteiger partial charge in [-0.25, -0.2) is 0 Å². The van der Waals surface area contributed by atoms with Gasteiger partial charge in [0.2, 0.25) is 17.7 Å². The maximum absolute atomic E-state index is 13.2. The van der Waals surface area contributed by atoms with E-state index in [9.17, 15) is 19.5 Å². The van der Waals surface area contributed by atoms with E-state index in [-0.39, 0.29) is 48.1 Å². The van der Waals surface area contributed by atoms with E-state index < -0.39 is 22.6 Å². The molecular weight excluding hydrogens is 342 g/mol. The van der Waals surface area contributed by atoms with Crippen LogP contribution in [0.5, 0.6) is 0 Å². The molecule has 3 fully saturated rings. The number of likely N-dealkylation sites (tertiary alicyclic amines) is 1. The fourth-order valence-corrected chi connectivity index (χ4v) is 7.42. The molecule has 0 aromatic rings. The number of aliphatic hydroxyl groups excluding tert-OH is 1. The Hall–Kier alpha value is -1.28. The summed E-state index contributed by atoms with van der Waals surface area (Å²) >= 11 is 1.64. The second-order valence-corrected chi connectivity index (χ2v) is 9.13. The van der Waals surface area contributed by atoms with Gasteiger partial charge < -0.3 is 20.6 Å². The van der Waals surface area contributed by atoms with E-state index in [1.807, 2.05) is 13.8 Å². The monoisotopic (exact) mass is 369 g/mol. The molecule has 2 bridgehead atoms. The molecule has 0 aliphatic carbocycles. The molecule has 1 spiro atoms. The van der Waals surface area contributed by atoms with E-state index in [0.29, 0.717) is 0 Å². The van der Waals surface area contributed by atoms with Crippen LogP contribution in [0.2, 0.25) is 0 Å². The molecule has 3 heterocycles. The van der Waals surface area contributed by atoms with Gasteiger partial charge in [0.15, 0.2) is 0 Å². The summed E-state index contributed by atoms with van der Waals surface area (Å²) in [6, 6.07) is -0.679. The summed E-state index contributed by atoms with van der Waals surface area (Å²) in [7, 11) is 1.59. The van der Waals surface area contributed by atoms with Crippen LogP contribution in [0.25, 0.3) is 0 Å². The van der Waals surface area contributed by atoms with Crippen LogP contribution in [-0.4, -0.2) is 70.0 Å². The number of thioether (sulfide) groups is 1. The first-order valence-corrected chi connectivity index (χ1v) is 9.78. The van der Waals surface area contributed by atoms with Crippen LogP contribution in [0, 0.1) is 17.8 Å². The highest BCUT2D eigenvalue weighted by Crippen LogP contribution is 2.68. The van der Waals surface area contributed by atoms with Gasteiger partial charge in [-0.05, 0) is 26.2 Å². The number of rotatable bonds is 5. The maximum Gasteiger partial charge on any atom is 0.244 e. The molecule has 140 valence electrons. The first kappa shape index (κ1) is 18.5. The van der Waals surface area contributed by atoms with Gasteiger partial charge in [0, 0.05) is 24.9 Å². The number of fused-ring (bicyclic) bond motifs is 1. The Morgan fingerprint density at radius 1 is 1.40 bits per heavy atom. The lowest BCUT2D eigenvalue weighted by atomic mass is 9.66. The van der Waals surface area contributed by atoms with Crippen LogP contribution in [0.15, 0.2) is 0 Å². The first-order valence-electron chi connectivity index (χ1n) is 8.90. The van der Waals surface area contributed by atoms with Crippen LogP contribution in [-0.2, 0) is 14.4 Å². The minimum atomic E-state index is -0.640. The molecule has 0 radical (unpaired) electrons. The summed E-state index contributed by atoms with van der Waals surface area (Å²) in [6.07, 6.45) is 0.824. The lowest BCUT2D eigenvalue weighted by Gasteiger charge is -2.38. The van der Waals surface area contributed by atoms with E-state index in [2.05, 4.69) is 17.6 Å². The molecule has 3 amide bonds. The third-order valence-electron chi connectivity index (χ3n) is 5.81. The van der Waals surface area contributed by atoms with E-state index in [0.717, 1.165) is 6.42 Å². The summed E-state index contributed by atoms with van der Waals surface area (Å²) < 4.78 is -0.590. The van der Waals surface area contributed by atoms with Crippen LogP contribution in [0.3, 0.4) is 0 Å². The average Bonchev–Trinajstić information content (AvgIpc) is 3.11. The van der Waals surface area contributed by atoms with Gasteiger partial charge in [0.25, 0.3) is 0 Å². The summed E-state index contributed by atoms with van der Waals surface area (Å²) in [6.45, 7) is 5.76. The van der Waals surface area contributed by atoms with Gasteiger partial charge in [-0.3, -0.25) is 14.4 Å². The molecule has 3 aliphatic heterocycles. The number of aliphatic hydroxyl groups is 1. The molecule has 0 aromatic heterocycles. The number of hydrogen-bond acceptors (Lipinski definition) is 5. The molecule has 7 nitrogen and oxygen atoms in total. The maximum atomic E-state index is 13.2. The summed E-state index contributed by atoms with van der Waals surface area (Å²) in [5.41, 5.74) is 0. The van der Waals surface area contributed by atoms with E-state index in [1.54, 1.807) is 18.8 Å². The predicted molar refractivity (Wildman–Crippen MR) is 94.8 cm³/mol. The Bertz CT molecular complexity index is 598. The van der Waals surface area contributed by atoms with Crippen molar-refractivity contribution in [1.82, 2.24) is 15.5 Å². The van der Waals surface area contributed by atoms with Crippen molar-refractivity contribution >= 4 is 29.5 Å². The van der Waals surface area contributed by atoms with Crippen molar-refractivity contribution in [3.8, 4) is 0 Å². The molecule has 0 saturated carbocycles. The molecule has 6 atom stereocenters. The lowest BCUT2D eigenvalue weighted by Crippen LogP contribution is -2.57. The smallest absolute Gasteiger partial charge is 0.244 e. The van der Waals surface area contributed by atoms with Gasteiger partial charge in [-0.15, -0.1) is 11.8 Å². The Labute approximate surface area is 152 Å². The quantitative estimate of drug-likeness (QED) is 0.612. The summed E-state index contributed by atoms with van der Waals surface area (Å²) in [5.74, 6) is -1.23. The number of nitrogens with zero attached hydrogens (tertiary/aromatic N) is 1. The standard InChI is InChI=1S/C17H27N3O4S/c1-8(2)19-15(23)13-17-9(3)7-10(25-17)11(14(22)18-4)12(17)16(24)20(13)5-6-21/h8-13,21H,5-7H2,1-4H3,(H,18,22)(H,19,23)/t9?,10-,11+,12+,13?,17?/m1/s1. The molecule has 0 aromatic carbocycles. The fraction of sp³-hybridized carbons (Fsp3) is 0.824. The highest BCUT2D eigenvalue weighted by atomic mass is 32.2. The fourth-order valence-electron chi connectivity index (χ4n) is 5.00. The minimum absolute atomic E-state index is 0.0392. The largest absolute Gasteiger partial charge is 0.395 e. The van der Waals surface area contributed by atoms with Crippen molar-refractivity contribution in [3.63, 3.8) is 0 Å². The Kier molecular flexibility index (Phi) is 4.79. The van der Waals surface area contributed by atoms with Crippen LogP contribution in [0.4, 0.5) is 0 Å². The van der Waals surface area contributed by atoms with Crippen molar-refractivity contribution in [2.45, 2.75) is 49.3 Å². The van der Waals surface area contributed by atoms with E-state index in [4.69, 9.17) is 0 Å². The molecule has 8 heteroatoms. The SMILES string of the molecule is CNC(=O)[C@@H]1[C@H]2C(=O)N(CCO)C(C(=O)NC(C)C)C23S[C@@H]1CC3C. The lowest BCUT2D eigenvalue weighted by molar-refractivity contribution is -0.140. The minimum Gasteiger partial charge on any atom is -0.395 e. The Morgan fingerprint density at radius 3 is 2.64 bits per heavy atom. The molecular formula is C17H27N3O4S. The second-order valence-electron chi connectivity index (χ2n) is 7.59. The zero-order chi connectivity index (χ0) is 18.5. The van der Waals surface area contributed by atoms with E-state index in [1.165, 1.54) is 4.90 Å². The molecule has 3 aliphatic rings. The van der Waals surface area contributed by atoms with Crippen molar-refractivity contribution in [1.29, 1.82) is 0 Å². The molecule has 3 N–H and O–H groups in total. The predicted octanol–water partition coefficient (Wildman–Crippen LogP) is -0.413. The molecule has 3 saturated heterocycles. The number of hydrogen-bond donors (Lipinski definition) is 3. The van der Waals surface area contributed by atoms with Crippen molar-refractivity contribution in [3.05, 3.63) is 0 Å². The molecule has 3 unspecified atom stereocenters. The number of carbonyl (C=O) groups is 3. The van der Waals surface area contributed by atoms with Gasteiger partial charge >= 0.3 is 0 Å². The number of carbonyl (C=O) groups excluding carboxylic acids is 3. The highest BCUT2D eigenvalue weighted by molar-refractivity contribution is 8.02. The van der Waals surface area contributed by atoms with Gasteiger partial charge in [0.05, 0.1) is 23.2 Å². The molecule has 3 rings (SSSR count). The highest BCUT2D eigenvalue weighted by Gasteiger charge is 2.75. The van der Waals surface area contributed by atoms with Gasteiger partial charge in [0.1, 0.15) is 6.04 Å². The van der Waals surface area contributed by atoms with Gasteiger partial charge in [-0.2, -0.15) is 0 Å². The summed E-state index contributed by atoms with van der Waals surface area (Å²) in [5, 5.41) is 15.1. The zero-order valence-electron chi connectivity index (χ0n) is 15.1. The van der Waals surface area contributed by atoms with Crippen molar-refractivity contribution in [2.24, 2.45) is 17.8 Å². The first-order chi connectivity index (χ1) is 11.8. The Morgan fingerprint density at radius 2 is 2.08 bits per heavy atom. The number of nitrogens with one attached hydrogen (secondary N) is 2. The molecule has 25 heavy (non-hydrogen) atoms. The van der Waals surface area contributed by atoms with Crippen molar-refractivity contribution in [2.75, 3.05) is 20.2 Å². The number of β-amino-alcohol motifs (C(OH)–C–C–N with tert-alkyl or cyclic N) is 1. The second kappa shape index (κ2) is 6.46. The Balaban J connectivity index is 2.06. The van der Waals surface area contributed by atoms with E-state index >= 15 is 0 Å². The number of amides is 3. The van der Waals surface area contributed by atoms with Crippen LogP contribution < -0.4 is 10.6 Å². The average molecular weight is 369 g/mol. The zero-order valence-corrected chi connectivity index (χ0v) is 15.9. The van der Waals surface area contributed by atoms with Crippen LogP contribution >= 0.6 is 11.8 Å². The van der Waals surface area contributed by atoms with Gasteiger partial charge in [-0.1, -0.05) is 6.92 Å². The third kappa shape index (κ3) is 2.48. The topological polar surface area (TPSA) is 98.7 Å².